The Morgan fingerprint density at radius 3 is 2.86 bits per heavy atom. The fourth-order valence-electron chi connectivity index (χ4n) is 4.48. The highest BCUT2D eigenvalue weighted by molar-refractivity contribution is 8.18. The third-order valence-corrected chi connectivity index (χ3v) is 7.59. The number of fused-ring (bicyclic) bond motifs is 1. The number of nitrogens with zero attached hydrogens (tertiary/aromatic N) is 4. The molecule has 36 heavy (non-hydrogen) atoms. The van der Waals surface area contributed by atoms with E-state index in [9.17, 15) is 18.0 Å². The first kappa shape index (κ1) is 24.9. The van der Waals surface area contributed by atoms with Crippen molar-refractivity contribution in [2.45, 2.75) is 32.1 Å². The van der Waals surface area contributed by atoms with Crippen LogP contribution in [-0.4, -0.2) is 51.4 Å². The van der Waals surface area contributed by atoms with Gasteiger partial charge in [0.25, 0.3) is 5.91 Å². The molecule has 1 saturated heterocycles. The number of halogens is 4. The predicted molar refractivity (Wildman–Crippen MR) is 137 cm³/mol. The number of hydrogen-bond acceptors (Lipinski definition) is 5. The summed E-state index contributed by atoms with van der Waals surface area (Å²) >= 11 is 7.18. The van der Waals surface area contributed by atoms with Crippen LogP contribution in [0.1, 0.15) is 30.0 Å². The molecule has 6 nitrogen and oxygen atoms in total. The van der Waals surface area contributed by atoms with Crippen LogP contribution in [0.3, 0.4) is 0 Å². The summed E-state index contributed by atoms with van der Waals surface area (Å²) in [4.78, 5) is 19.6. The number of nitrogens with one attached hydrogen (secondary N) is 1. The number of amidine groups is 1. The number of aliphatic imine (C=N–C) groups is 1. The van der Waals surface area contributed by atoms with Gasteiger partial charge < -0.3 is 10.2 Å². The summed E-state index contributed by atoms with van der Waals surface area (Å²) in [6.07, 6.45) is -0.152. The van der Waals surface area contributed by atoms with E-state index < -0.39 is 11.7 Å². The van der Waals surface area contributed by atoms with Crippen molar-refractivity contribution in [3.05, 3.63) is 69.2 Å². The molecule has 2 aliphatic rings. The van der Waals surface area contributed by atoms with Gasteiger partial charge in [-0.15, -0.1) is 0 Å². The molecule has 5 rings (SSSR count). The Labute approximate surface area is 215 Å². The zero-order chi connectivity index (χ0) is 25.4. The monoisotopic (exact) mass is 533 g/mol. The van der Waals surface area contributed by atoms with Crippen molar-refractivity contribution in [2.75, 3.05) is 19.6 Å². The fourth-order valence-corrected chi connectivity index (χ4v) is 5.67. The van der Waals surface area contributed by atoms with Crippen LogP contribution in [0.5, 0.6) is 0 Å². The Morgan fingerprint density at radius 2 is 2.08 bits per heavy atom. The molecule has 1 atom stereocenters. The molecule has 1 unspecified atom stereocenters. The SMILES string of the molecule is CCC1CNCCN1C1=NC(=O)/C(=C/c2ccc3c(cnn3Cc3ccc(Cl)cc3C(F)(F)F)c2)S1. The minimum atomic E-state index is -4.52. The number of carbonyl (C=O) groups excluding carboxylic acids is 1. The summed E-state index contributed by atoms with van der Waals surface area (Å²) in [6, 6.07) is 9.54. The lowest BCUT2D eigenvalue weighted by molar-refractivity contribution is -0.138. The van der Waals surface area contributed by atoms with Gasteiger partial charge in [0.2, 0.25) is 0 Å². The fraction of sp³-hybridized carbons (Fsp3) is 0.320. The Balaban J connectivity index is 1.37. The summed E-state index contributed by atoms with van der Waals surface area (Å²) in [6.45, 7) is 4.59. The van der Waals surface area contributed by atoms with Gasteiger partial charge in [-0.3, -0.25) is 9.48 Å². The van der Waals surface area contributed by atoms with E-state index in [0.29, 0.717) is 16.5 Å². The van der Waals surface area contributed by atoms with E-state index in [4.69, 9.17) is 11.6 Å². The van der Waals surface area contributed by atoms with Gasteiger partial charge in [0.15, 0.2) is 5.17 Å². The number of carbonyl (C=O) groups is 1. The van der Waals surface area contributed by atoms with Crippen LogP contribution >= 0.6 is 23.4 Å². The number of amides is 1. The van der Waals surface area contributed by atoms with Crippen LogP contribution in [0.25, 0.3) is 17.0 Å². The second-order valence-corrected chi connectivity index (χ2v) is 10.1. The van der Waals surface area contributed by atoms with E-state index in [-0.39, 0.29) is 23.0 Å². The standard InChI is InChI=1S/C25H23ClF3N5OS/c1-2-19-13-30-7-8-33(19)24-32-23(35)22(36-24)10-15-3-6-21-17(9-15)12-31-34(21)14-16-4-5-18(26)11-20(16)25(27,28)29/h3-6,9-12,19,30H,2,7-8,13-14H2,1H3/b22-10-. The minimum Gasteiger partial charge on any atom is -0.345 e. The van der Waals surface area contributed by atoms with Crippen LogP contribution in [0.15, 0.2) is 52.5 Å². The molecule has 0 spiro atoms. The van der Waals surface area contributed by atoms with E-state index in [1.807, 2.05) is 12.1 Å². The highest BCUT2D eigenvalue weighted by atomic mass is 35.5. The predicted octanol–water partition coefficient (Wildman–Crippen LogP) is 5.41. The lowest BCUT2D eigenvalue weighted by Gasteiger charge is -2.36. The molecule has 0 radical (unpaired) electrons. The molecule has 11 heteroatoms. The van der Waals surface area contributed by atoms with Crippen molar-refractivity contribution in [3.8, 4) is 0 Å². The van der Waals surface area contributed by atoms with Gasteiger partial charge in [0.1, 0.15) is 0 Å². The van der Waals surface area contributed by atoms with Crippen molar-refractivity contribution in [1.82, 2.24) is 20.0 Å². The summed E-state index contributed by atoms with van der Waals surface area (Å²) in [5, 5.41) is 9.20. The molecule has 3 aromatic rings. The maximum Gasteiger partial charge on any atom is 0.416 e. The number of aromatic nitrogens is 2. The van der Waals surface area contributed by atoms with Gasteiger partial charge in [-0.1, -0.05) is 30.7 Å². The Morgan fingerprint density at radius 1 is 1.25 bits per heavy atom. The Hall–Kier alpha value is -2.82. The van der Waals surface area contributed by atoms with Gasteiger partial charge in [-0.2, -0.15) is 23.3 Å². The zero-order valence-electron chi connectivity index (χ0n) is 19.3. The number of benzene rings is 2. The molecule has 3 heterocycles. The van der Waals surface area contributed by atoms with Crippen LogP contribution in [0.2, 0.25) is 5.02 Å². The molecule has 188 valence electrons. The van der Waals surface area contributed by atoms with Crippen molar-refractivity contribution >= 4 is 51.4 Å². The van der Waals surface area contributed by atoms with Crippen LogP contribution in [0.4, 0.5) is 13.2 Å². The van der Waals surface area contributed by atoms with Crippen molar-refractivity contribution in [3.63, 3.8) is 0 Å². The first-order valence-corrected chi connectivity index (χ1v) is 12.7. The highest BCUT2D eigenvalue weighted by Gasteiger charge is 2.34. The lowest BCUT2D eigenvalue weighted by atomic mass is 10.1. The van der Waals surface area contributed by atoms with Gasteiger partial charge >= 0.3 is 6.18 Å². The van der Waals surface area contributed by atoms with E-state index in [2.05, 4.69) is 27.2 Å². The summed E-state index contributed by atoms with van der Waals surface area (Å²) < 4.78 is 42.0. The maximum absolute atomic E-state index is 13.5. The van der Waals surface area contributed by atoms with Gasteiger partial charge in [0.05, 0.1) is 28.7 Å². The maximum atomic E-state index is 13.5. The summed E-state index contributed by atoms with van der Waals surface area (Å²) in [5.41, 5.74) is 0.791. The molecule has 2 aromatic carbocycles. The molecule has 1 fully saturated rings. The van der Waals surface area contributed by atoms with E-state index in [1.165, 1.54) is 28.6 Å². The molecule has 0 saturated carbocycles. The molecule has 0 bridgehead atoms. The van der Waals surface area contributed by atoms with Crippen molar-refractivity contribution < 1.29 is 18.0 Å². The molecule has 1 aromatic heterocycles. The Kier molecular flexibility index (Phi) is 6.84. The molecule has 1 N–H and O–H groups in total. The quantitative estimate of drug-likeness (QED) is 0.454. The molecule has 0 aliphatic carbocycles. The topological polar surface area (TPSA) is 62.5 Å². The number of rotatable bonds is 4. The van der Waals surface area contributed by atoms with Crippen LogP contribution in [-0.2, 0) is 17.5 Å². The van der Waals surface area contributed by atoms with E-state index in [1.54, 1.807) is 18.3 Å². The largest absolute Gasteiger partial charge is 0.416 e. The van der Waals surface area contributed by atoms with Gasteiger partial charge in [0, 0.05) is 36.1 Å². The van der Waals surface area contributed by atoms with Crippen LogP contribution < -0.4 is 5.32 Å². The number of hydrogen-bond donors (Lipinski definition) is 1. The van der Waals surface area contributed by atoms with Crippen molar-refractivity contribution in [2.24, 2.45) is 4.99 Å². The number of piperazine rings is 1. The lowest BCUT2D eigenvalue weighted by Crippen LogP contribution is -2.52. The normalized spacial score (nSPS) is 20.0. The molecular weight excluding hydrogens is 511 g/mol. The number of alkyl halides is 3. The first-order chi connectivity index (χ1) is 17.2. The average Bonchev–Trinajstić information content (AvgIpc) is 3.42. The smallest absolute Gasteiger partial charge is 0.345 e. The summed E-state index contributed by atoms with van der Waals surface area (Å²) in [7, 11) is 0. The summed E-state index contributed by atoms with van der Waals surface area (Å²) in [5.74, 6) is -0.262. The third kappa shape index (κ3) is 5.02. The van der Waals surface area contributed by atoms with E-state index in [0.717, 1.165) is 48.2 Å². The van der Waals surface area contributed by atoms with E-state index >= 15 is 0 Å². The second-order valence-electron chi connectivity index (χ2n) is 8.69. The molecule has 2 aliphatic heterocycles. The van der Waals surface area contributed by atoms with Crippen LogP contribution in [0, 0.1) is 0 Å². The third-order valence-electron chi connectivity index (χ3n) is 6.34. The Bertz CT molecular complexity index is 1380. The molecular formula is C25H23ClF3N5OS. The first-order valence-electron chi connectivity index (χ1n) is 11.5. The second kappa shape index (κ2) is 9.91. The zero-order valence-corrected chi connectivity index (χ0v) is 20.9. The highest BCUT2D eigenvalue weighted by Crippen LogP contribution is 2.35. The van der Waals surface area contributed by atoms with Gasteiger partial charge in [-0.05, 0) is 59.7 Å². The van der Waals surface area contributed by atoms with Gasteiger partial charge in [-0.25, -0.2) is 0 Å². The number of thioether (sulfide) groups is 1. The minimum absolute atomic E-state index is 0.0303. The van der Waals surface area contributed by atoms with Crippen molar-refractivity contribution in [1.29, 1.82) is 0 Å². The average molecular weight is 534 g/mol. The molecule has 1 amide bonds.